The van der Waals surface area contributed by atoms with Gasteiger partial charge in [-0.2, -0.15) is 0 Å². The number of hydrogen-bond donors (Lipinski definition) is 2. The molecule has 0 aromatic carbocycles. The highest BCUT2D eigenvalue weighted by Crippen LogP contribution is 2.18. The first kappa shape index (κ1) is 18.7. The van der Waals surface area contributed by atoms with Crippen LogP contribution < -0.4 is 11.1 Å². The number of hydrogen-bond acceptors (Lipinski definition) is 5. The van der Waals surface area contributed by atoms with E-state index >= 15 is 0 Å². The van der Waals surface area contributed by atoms with Crippen molar-refractivity contribution in [2.75, 3.05) is 33.2 Å². The minimum atomic E-state index is -0.611. The van der Waals surface area contributed by atoms with E-state index in [1.54, 1.807) is 18.4 Å². The van der Waals surface area contributed by atoms with E-state index in [4.69, 9.17) is 5.73 Å². The van der Waals surface area contributed by atoms with Gasteiger partial charge in [-0.05, 0) is 27.7 Å². The molecule has 0 spiro atoms. The molecule has 1 fully saturated rings. The van der Waals surface area contributed by atoms with E-state index in [0.717, 1.165) is 49.4 Å². The van der Waals surface area contributed by atoms with Crippen LogP contribution in [0.15, 0.2) is 4.99 Å². The van der Waals surface area contributed by atoms with Gasteiger partial charge in [0.05, 0.1) is 22.8 Å². The normalized spacial score (nSPS) is 17.2. The Labute approximate surface area is 147 Å². The van der Waals surface area contributed by atoms with E-state index in [1.807, 2.05) is 27.7 Å². The second-order valence-electron chi connectivity index (χ2n) is 6.54. The van der Waals surface area contributed by atoms with Gasteiger partial charge in [0.1, 0.15) is 0 Å². The average molecular weight is 353 g/mol. The number of carbonyl (C=O) groups is 1. The summed E-state index contributed by atoms with van der Waals surface area (Å²) in [4.78, 5) is 26.0. The monoisotopic (exact) mass is 352 g/mol. The van der Waals surface area contributed by atoms with Crippen LogP contribution in [0.1, 0.15) is 29.4 Å². The summed E-state index contributed by atoms with van der Waals surface area (Å²) < 4.78 is 0. The summed E-state index contributed by atoms with van der Waals surface area (Å²) in [5, 5.41) is 4.51. The number of carbonyl (C=O) groups excluding carboxylic acids is 1. The number of aliphatic imine (C=N–C) groups is 1. The van der Waals surface area contributed by atoms with Crippen LogP contribution in [0.3, 0.4) is 0 Å². The summed E-state index contributed by atoms with van der Waals surface area (Å²) in [5.41, 5.74) is 5.98. The number of nitrogens with two attached hydrogens (primary N) is 1. The number of aromatic nitrogens is 1. The maximum atomic E-state index is 11.6. The van der Waals surface area contributed by atoms with Crippen molar-refractivity contribution in [1.82, 2.24) is 20.1 Å². The lowest BCUT2D eigenvalue weighted by Gasteiger charge is -2.43. The topological polar surface area (TPSA) is 86.8 Å². The van der Waals surface area contributed by atoms with Crippen molar-refractivity contribution in [3.63, 3.8) is 0 Å². The lowest BCUT2D eigenvalue weighted by Crippen LogP contribution is -2.61. The van der Waals surface area contributed by atoms with Gasteiger partial charge >= 0.3 is 0 Å². The SMILES string of the molecule is CN=C(NCc1sc(C)nc1C)N1CCN(C(C)(C)C(N)=O)CC1. The fourth-order valence-electron chi connectivity index (χ4n) is 2.86. The zero-order valence-corrected chi connectivity index (χ0v) is 16.0. The van der Waals surface area contributed by atoms with Gasteiger partial charge in [0, 0.05) is 38.1 Å². The molecule has 0 unspecified atom stereocenters. The molecule has 0 radical (unpaired) electrons. The van der Waals surface area contributed by atoms with Crippen LogP contribution in [0.25, 0.3) is 0 Å². The number of amides is 1. The Hall–Kier alpha value is -1.67. The summed E-state index contributed by atoms with van der Waals surface area (Å²) in [6, 6.07) is 0. The fourth-order valence-corrected chi connectivity index (χ4v) is 3.74. The number of nitrogens with zero attached hydrogens (tertiary/aromatic N) is 4. The average Bonchev–Trinajstić information content (AvgIpc) is 2.86. The number of aryl methyl sites for hydroxylation is 2. The smallest absolute Gasteiger partial charge is 0.237 e. The summed E-state index contributed by atoms with van der Waals surface area (Å²) in [6.45, 7) is 11.8. The highest BCUT2D eigenvalue weighted by molar-refractivity contribution is 7.11. The Morgan fingerprint density at radius 1 is 1.33 bits per heavy atom. The molecule has 1 amide bonds. The van der Waals surface area contributed by atoms with Crippen molar-refractivity contribution < 1.29 is 4.79 Å². The van der Waals surface area contributed by atoms with E-state index < -0.39 is 5.54 Å². The molecule has 1 aromatic rings. The summed E-state index contributed by atoms with van der Waals surface area (Å²) in [5.74, 6) is 0.603. The first-order chi connectivity index (χ1) is 11.3. The molecule has 0 atom stereocenters. The molecule has 24 heavy (non-hydrogen) atoms. The minimum Gasteiger partial charge on any atom is -0.368 e. The van der Waals surface area contributed by atoms with E-state index in [0.29, 0.717) is 0 Å². The molecular weight excluding hydrogens is 324 g/mol. The largest absolute Gasteiger partial charge is 0.368 e. The molecule has 0 aliphatic carbocycles. The molecule has 1 aliphatic heterocycles. The van der Waals surface area contributed by atoms with Gasteiger partial charge in [0.2, 0.25) is 5.91 Å². The number of guanidine groups is 1. The molecule has 1 aromatic heterocycles. The predicted molar refractivity (Wildman–Crippen MR) is 98.2 cm³/mol. The lowest BCUT2D eigenvalue weighted by atomic mass is 10.0. The third kappa shape index (κ3) is 4.05. The van der Waals surface area contributed by atoms with E-state index in [2.05, 4.69) is 25.1 Å². The van der Waals surface area contributed by atoms with Gasteiger partial charge in [-0.15, -0.1) is 11.3 Å². The highest BCUT2D eigenvalue weighted by Gasteiger charge is 2.35. The second kappa shape index (κ2) is 7.48. The Morgan fingerprint density at radius 3 is 2.42 bits per heavy atom. The molecule has 1 aliphatic rings. The molecule has 1 saturated heterocycles. The fraction of sp³-hybridized carbons (Fsp3) is 0.688. The number of nitrogens with one attached hydrogen (secondary N) is 1. The first-order valence-corrected chi connectivity index (χ1v) is 9.00. The van der Waals surface area contributed by atoms with E-state index in [-0.39, 0.29) is 5.91 Å². The maximum absolute atomic E-state index is 11.6. The van der Waals surface area contributed by atoms with Gasteiger partial charge in [0.25, 0.3) is 0 Å². The molecule has 2 rings (SSSR count). The molecule has 2 heterocycles. The van der Waals surface area contributed by atoms with Gasteiger partial charge < -0.3 is 16.0 Å². The predicted octanol–water partition coefficient (Wildman–Crippen LogP) is 0.717. The quantitative estimate of drug-likeness (QED) is 0.616. The van der Waals surface area contributed by atoms with Crippen LogP contribution in [0, 0.1) is 13.8 Å². The highest BCUT2D eigenvalue weighted by atomic mass is 32.1. The standard InChI is InChI=1S/C16H28N6OS/c1-11-13(24-12(2)20-11)10-19-15(18-5)21-6-8-22(9-7-21)16(3,4)14(17)23/h6-10H2,1-5H3,(H2,17,23)(H,18,19). The van der Waals surface area contributed by atoms with Crippen LogP contribution in [-0.4, -0.2) is 65.4 Å². The van der Waals surface area contributed by atoms with E-state index in [1.165, 1.54) is 4.88 Å². The van der Waals surface area contributed by atoms with Crippen molar-refractivity contribution in [1.29, 1.82) is 0 Å². The minimum absolute atomic E-state index is 0.283. The van der Waals surface area contributed by atoms with E-state index in [9.17, 15) is 4.79 Å². The van der Waals surface area contributed by atoms with Gasteiger partial charge in [-0.3, -0.25) is 14.7 Å². The third-order valence-corrected chi connectivity index (χ3v) is 5.66. The Kier molecular flexibility index (Phi) is 5.82. The number of piperazine rings is 1. The third-order valence-electron chi connectivity index (χ3n) is 4.59. The number of primary amides is 1. The van der Waals surface area contributed by atoms with Crippen LogP contribution >= 0.6 is 11.3 Å². The summed E-state index contributed by atoms with van der Waals surface area (Å²) >= 11 is 1.71. The van der Waals surface area contributed by atoms with Gasteiger partial charge in [0.15, 0.2) is 5.96 Å². The second-order valence-corrected chi connectivity index (χ2v) is 7.83. The van der Waals surface area contributed by atoms with Crippen molar-refractivity contribution in [2.45, 2.75) is 39.8 Å². The molecular formula is C16H28N6OS. The Bertz CT molecular complexity index is 616. The molecule has 7 nitrogen and oxygen atoms in total. The molecule has 8 heteroatoms. The molecule has 3 N–H and O–H groups in total. The van der Waals surface area contributed by atoms with Crippen molar-refractivity contribution in [3.8, 4) is 0 Å². The first-order valence-electron chi connectivity index (χ1n) is 8.19. The molecule has 0 saturated carbocycles. The van der Waals surface area contributed by atoms with Crippen molar-refractivity contribution in [2.24, 2.45) is 10.7 Å². The zero-order valence-electron chi connectivity index (χ0n) is 15.2. The lowest BCUT2D eigenvalue weighted by molar-refractivity contribution is -0.129. The van der Waals surface area contributed by atoms with Crippen LogP contribution in [0.2, 0.25) is 0 Å². The van der Waals surface area contributed by atoms with Gasteiger partial charge in [-0.25, -0.2) is 4.98 Å². The number of thiazole rings is 1. The summed E-state index contributed by atoms with van der Waals surface area (Å²) in [6.07, 6.45) is 0. The summed E-state index contributed by atoms with van der Waals surface area (Å²) in [7, 11) is 1.80. The zero-order chi connectivity index (χ0) is 17.9. The molecule has 0 bridgehead atoms. The van der Waals surface area contributed by atoms with Crippen LogP contribution in [-0.2, 0) is 11.3 Å². The van der Waals surface area contributed by atoms with Crippen molar-refractivity contribution >= 4 is 23.2 Å². The number of rotatable bonds is 4. The van der Waals surface area contributed by atoms with Gasteiger partial charge in [-0.1, -0.05) is 0 Å². The Balaban J connectivity index is 1.92. The molecule has 134 valence electrons. The Morgan fingerprint density at radius 2 is 1.96 bits per heavy atom. The van der Waals surface area contributed by atoms with Crippen molar-refractivity contribution in [3.05, 3.63) is 15.6 Å². The maximum Gasteiger partial charge on any atom is 0.237 e. The van der Waals surface area contributed by atoms with Crippen LogP contribution in [0.5, 0.6) is 0 Å². The van der Waals surface area contributed by atoms with Crippen LogP contribution in [0.4, 0.5) is 0 Å².